The third kappa shape index (κ3) is 12.4. The van der Waals surface area contributed by atoms with E-state index in [1.807, 2.05) is 30.3 Å². The summed E-state index contributed by atoms with van der Waals surface area (Å²) >= 11 is 0. The highest BCUT2D eigenvalue weighted by molar-refractivity contribution is 6.47. The highest BCUT2D eigenvalue weighted by Gasteiger charge is 2.29. The fourth-order valence-electron chi connectivity index (χ4n) is 19.4. The van der Waals surface area contributed by atoms with Gasteiger partial charge in [-0.15, -0.1) is 0 Å². The zero-order valence-corrected chi connectivity index (χ0v) is 63.8. The lowest BCUT2D eigenvalue weighted by molar-refractivity contribution is -0.383. The number of rotatable bonds is 33. The van der Waals surface area contributed by atoms with Gasteiger partial charge >= 0.3 is 0 Å². The largest absolute Gasteiger partial charge is 0.397 e. The number of anilines is 1. The van der Waals surface area contributed by atoms with Gasteiger partial charge in [-0.25, -0.2) is 9.97 Å². The summed E-state index contributed by atoms with van der Waals surface area (Å²) in [6, 6.07) is 42.7. The van der Waals surface area contributed by atoms with E-state index >= 15 is 9.59 Å². The zero-order chi connectivity index (χ0) is 73.7. The Labute approximate surface area is 631 Å². The number of imidazole rings is 2. The number of hydrogen-bond donors (Lipinski definition) is 1. The van der Waals surface area contributed by atoms with Crippen LogP contribution in [0.1, 0.15) is 244 Å². The van der Waals surface area contributed by atoms with E-state index in [9.17, 15) is 10.1 Å². The van der Waals surface area contributed by atoms with Crippen molar-refractivity contribution in [1.82, 2.24) is 18.8 Å². The number of fused-ring (bicyclic) bond motifs is 14. The fourth-order valence-corrected chi connectivity index (χ4v) is 19.4. The van der Waals surface area contributed by atoms with Gasteiger partial charge in [-0.05, 0) is 165 Å². The first-order valence-electron chi connectivity index (χ1n) is 41.7. The molecule has 108 heavy (non-hydrogen) atoms. The van der Waals surface area contributed by atoms with E-state index in [4.69, 9.17) is 15.7 Å². The van der Waals surface area contributed by atoms with Crippen molar-refractivity contribution < 1.29 is 4.92 Å². The van der Waals surface area contributed by atoms with Crippen molar-refractivity contribution in [3.8, 4) is 23.7 Å². The Hall–Kier alpha value is -10.2. The van der Waals surface area contributed by atoms with Crippen LogP contribution in [0.4, 0.5) is 11.4 Å². The molecule has 2 N–H and O–H groups in total. The standard InChI is InChI=1S/C98H100N6O4/c1-5-9-13-17-21-23-27-31-35-61(33-29-25-19-15-11-7-3)37-39-63-57-81(99)93-82(58-63)102-95(100-93)77-53-49-73-69-45-41-65-68-44-48-72-76-52-56-80-92-78(54-50-74(90(76)92)70-46-42-66(86(68)88(70)72)67-43-47-71(87(69)85(65)67)75-51-55-79(97(102)105)91(77)89(73)75)96-101-94-83(103(96)98(80)106)59-64(60-84(94)104(107)108)40-38-62(34-30-26-20-16-12-8-4)36-32-28-24-22-18-14-10-6-2/h41-62H,5-36,99H2,1-4H3. The minimum absolute atomic E-state index is 0.108. The molecule has 4 heterocycles. The molecular weight excluding hydrogens is 1330 g/mol. The highest BCUT2D eigenvalue weighted by atomic mass is 16.6. The van der Waals surface area contributed by atoms with Gasteiger partial charge in [0.2, 0.25) is 0 Å². The Morgan fingerprint density at radius 2 is 0.593 bits per heavy atom. The maximum atomic E-state index is 15.4. The fraction of sp³-hybridized carbons (Fsp3) is 0.388. The minimum Gasteiger partial charge on any atom is -0.397 e. The Morgan fingerprint density at radius 1 is 0.343 bits per heavy atom. The molecule has 0 amide bonds. The van der Waals surface area contributed by atoms with Gasteiger partial charge in [-0.3, -0.25) is 28.5 Å². The summed E-state index contributed by atoms with van der Waals surface area (Å²) in [5.41, 5.74) is 11.3. The molecule has 0 bridgehead atoms. The molecule has 17 aromatic rings. The first-order chi connectivity index (χ1) is 53.1. The number of nitrogen functional groups attached to an aromatic ring is 1. The van der Waals surface area contributed by atoms with E-state index in [2.05, 4.69) is 136 Å². The van der Waals surface area contributed by atoms with E-state index in [0.717, 1.165) is 119 Å². The van der Waals surface area contributed by atoms with Crippen LogP contribution in [-0.2, 0) is 0 Å². The maximum absolute atomic E-state index is 15.4. The Balaban J connectivity index is 0.730. The lowest BCUT2D eigenvalue weighted by Crippen LogP contribution is -2.13. The van der Waals surface area contributed by atoms with E-state index in [1.54, 1.807) is 14.9 Å². The summed E-state index contributed by atoms with van der Waals surface area (Å²) in [5.74, 6) is 14.9. The van der Waals surface area contributed by atoms with Gasteiger partial charge in [0.05, 0.1) is 21.6 Å². The van der Waals surface area contributed by atoms with Gasteiger partial charge in [0, 0.05) is 61.3 Å². The molecule has 0 fully saturated rings. The number of nitrogens with zero attached hydrogens (tertiary/aromatic N) is 5. The maximum Gasteiger partial charge on any atom is 0.298 e. The van der Waals surface area contributed by atoms with Crippen LogP contribution in [0.3, 0.4) is 0 Å². The quantitative estimate of drug-likeness (QED) is 0.00822. The number of benzene rings is 13. The lowest BCUT2D eigenvalue weighted by atomic mass is 9.81. The van der Waals surface area contributed by atoms with Gasteiger partial charge in [0.1, 0.15) is 16.8 Å². The predicted octanol–water partition coefficient (Wildman–Crippen LogP) is 27.0. The van der Waals surface area contributed by atoms with E-state index in [0.29, 0.717) is 55.8 Å². The smallest absolute Gasteiger partial charge is 0.298 e. The van der Waals surface area contributed by atoms with Crippen LogP contribution in [0, 0.1) is 45.6 Å². The Kier molecular flexibility index (Phi) is 20.0. The molecule has 10 nitrogen and oxygen atoms in total. The van der Waals surface area contributed by atoms with Crippen molar-refractivity contribution in [1.29, 1.82) is 0 Å². The van der Waals surface area contributed by atoms with Crippen LogP contribution in [0.5, 0.6) is 0 Å². The van der Waals surface area contributed by atoms with Gasteiger partial charge in [-0.1, -0.05) is 304 Å². The van der Waals surface area contributed by atoms with E-state index in [-0.39, 0.29) is 33.2 Å². The normalized spacial score (nSPS) is 13.0. The molecular formula is C98H100N6O4. The number of pyridine rings is 2. The molecule has 2 atom stereocenters. The second-order valence-corrected chi connectivity index (χ2v) is 32.1. The number of nitrogens with two attached hydrogens (primary N) is 1. The second-order valence-electron chi connectivity index (χ2n) is 32.1. The summed E-state index contributed by atoms with van der Waals surface area (Å²) < 4.78 is 3.39. The number of unbranched alkanes of at least 4 members (excludes halogenated alkanes) is 24. The first-order valence-corrected chi connectivity index (χ1v) is 41.7. The summed E-state index contributed by atoms with van der Waals surface area (Å²) in [5, 5.41) is 38.0. The topological polar surface area (TPSA) is 138 Å². The van der Waals surface area contributed by atoms with E-state index < -0.39 is 0 Å². The van der Waals surface area contributed by atoms with Gasteiger partial charge in [0.25, 0.3) is 16.8 Å². The molecule has 10 heteroatoms. The summed E-state index contributed by atoms with van der Waals surface area (Å²) in [4.78, 5) is 53.7. The molecule has 4 aromatic heterocycles. The molecule has 17 rings (SSSR count). The minimum atomic E-state index is -0.370. The van der Waals surface area contributed by atoms with Gasteiger partial charge in [0.15, 0.2) is 5.52 Å². The van der Waals surface area contributed by atoms with Crippen LogP contribution in [0.25, 0.3) is 163 Å². The number of non-ortho nitro benzene ring substituents is 1. The van der Waals surface area contributed by atoms with Crippen LogP contribution in [0.15, 0.2) is 131 Å². The average molecular weight is 1430 g/mol. The van der Waals surface area contributed by atoms with Gasteiger partial charge in [-0.2, -0.15) is 0 Å². The molecule has 0 saturated heterocycles. The number of hydrogen-bond acceptors (Lipinski definition) is 7. The molecule has 0 saturated carbocycles. The molecule has 0 aliphatic heterocycles. The van der Waals surface area contributed by atoms with Crippen molar-refractivity contribution in [3.05, 3.63) is 163 Å². The van der Waals surface area contributed by atoms with Crippen LogP contribution >= 0.6 is 0 Å². The number of aromatic nitrogens is 4. The summed E-state index contributed by atoms with van der Waals surface area (Å²) in [7, 11) is 0. The van der Waals surface area contributed by atoms with Crippen LogP contribution in [-0.4, -0.2) is 23.7 Å². The van der Waals surface area contributed by atoms with Gasteiger partial charge < -0.3 is 5.73 Å². The van der Waals surface area contributed by atoms with Crippen LogP contribution < -0.4 is 16.9 Å². The lowest BCUT2D eigenvalue weighted by Gasteiger charge is -2.22. The predicted molar refractivity (Wildman–Crippen MR) is 460 cm³/mol. The van der Waals surface area contributed by atoms with Crippen molar-refractivity contribution in [2.24, 2.45) is 11.8 Å². The second kappa shape index (κ2) is 30.5. The summed E-state index contributed by atoms with van der Waals surface area (Å²) in [6.45, 7) is 9.07. The molecule has 0 radical (unpaired) electrons. The zero-order valence-electron chi connectivity index (χ0n) is 63.8. The first kappa shape index (κ1) is 70.8. The molecule has 0 aliphatic carbocycles. The average Bonchev–Trinajstić information content (AvgIpc) is 0.791. The van der Waals surface area contributed by atoms with Crippen LogP contribution in [0.2, 0.25) is 0 Å². The molecule has 0 aliphatic rings. The molecule has 0 spiro atoms. The van der Waals surface area contributed by atoms with Crippen molar-refractivity contribution in [2.75, 3.05) is 5.73 Å². The molecule has 2 unspecified atom stereocenters. The van der Waals surface area contributed by atoms with Crippen molar-refractivity contribution in [3.63, 3.8) is 0 Å². The highest BCUT2D eigenvalue weighted by Crippen LogP contribution is 2.52. The third-order valence-electron chi connectivity index (χ3n) is 24.9. The third-order valence-corrected chi connectivity index (χ3v) is 24.9. The Bertz CT molecular complexity index is 6420. The number of nitro benzene ring substituents is 1. The molecule has 546 valence electrons. The summed E-state index contributed by atoms with van der Waals surface area (Å²) in [6.07, 6.45) is 39.6. The van der Waals surface area contributed by atoms with E-state index in [1.165, 1.54) is 210 Å². The SMILES string of the molecule is CCCCCCCCCCC(C#Cc1cc(N)c2nc3c4ccc5c6ccc7c8ccc9c%10ccc%11c(=O)n%12c%13cc(C#CC(CCCCCCCC)CCCCCCCCCC)cc([N+](=O)[O-])c%13nc%12c%12ccc(c%13ccc(c%14ccc(c%15ccc(c(=O)n3c2c1)c4c5%15)c6c7%14)c8c9%13)c%10c%11%12)CCCCCCCC. The van der Waals surface area contributed by atoms with Crippen molar-refractivity contribution in [2.45, 2.75) is 233 Å². The molecule has 13 aromatic carbocycles. The Morgan fingerprint density at radius 3 is 0.898 bits per heavy atom. The monoisotopic (exact) mass is 1420 g/mol. The number of nitro groups is 1. The van der Waals surface area contributed by atoms with Crippen molar-refractivity contribution >= 4 is 174 Å².